The SMILES string of the molecule is COc1ncc(-c2nc(N3CCCCC3)nc3c(CN4CCN(C(C)C)CC4)c(C)sc23)cc1CS(C)(=O)=O. The lowest BCUT2D eigenvalue weighted by molar-refractivity contribution is 0.104. The number of methoxy groups -OCH3 is 1. The predicted octanol–water partition coefficient (Wildman–Crippen LogP) is 4.13. The van der Waals surface area contributed by atoms with Gasteiger partial charge in [-0.15, -0.1) is 11.3 Å². The van der Waals surface area contributed by atoms with Crippen LogP contribution in [0.3, 0.4) is 0 Å². The molecule has 0 N–H and O–H groups in total. The van der Waals surface area contributed by atoms with Crippen LogP contribution in [0.4, 0.5) is 5.95 Å². The van der Waals surface area contributed by atoms with Crippen molar-refractivity contribution in [3.63, 3.8) is 0 Å². The quantitative estimate of drug-likeness (QED) is 0.395. The molecule has 0 spiro atoms. The summed E-state index contributed by atoms with van der Waals surface area (Å²) in [4.78, 5) is 23.4. The summed E-state index contributed by atoms with van der Waals surface area (Å²) in [6.45, 7) is 13.7. The van der Waals surface area contributed by atoms with Gasteiger partial charge in [-0.3, -0.25) is 9.80 Å². The molecular weight excluding hydrogens is 532 g/mol. The first-order valence-corrected chi connectivity index (χ1v) is 16.7. The highest BCUT2D eigenvalue weighted by Gasteiger charge is 2.25. The third-order valence-electron chi connectivity index (χ3n) is 7.79. The van der Waals surface area contributed by atoms with E-state index in [1.54, 1.807) is 17.5 Å². The van der Waals surface area contributed by atoms with Gasteiger partial charge in [0.15, 0.2) is 9.84 Å². The highest BCUT2D eigenvalue weighted by atomic mass is 32.2. The molecule has 3 aromatic heterocycles. The molecule has 3 aromatic rings. The summed E-state index contributed by atoms with van der Waals surface area (Å²) in [6.07, 6.45) is 6.47. The molecule has 2 aliphatic rings. The molecule has 212 valence electrons. The predicted molar refractivity (Wildman–Crippen MR) is 159 cm³/mol. The lowest BCUT2D eigenvalue weighted by Crippen LogP contribution is -2.48. The minimum absolute atomic E-state index is 0.138. The van der Waals surface area contributed by atoms with Crippen molar-refractivity contribution in [2.75, 3.05) is 57.5 Å². The number of pyridine rings is 1. The second-order valence-electron chi connectivity index (χ2n) is 11.1. The molecule has 5 rings (SSSR count). The Morgan fingerprint density at radius 1 is 1.05 bits per heavy atom. The third kappa shape index (κ3) is 6.37. The first-order valence-electron chi connectivity index (χ1n) is 13.9. The Bertz CT molecular complexity index is 1420. The normalized spacial score (nSPS) is 17.8. The number of ether oxygens (including phenoxy) is 1. The lowest BCUT2D eigenvalue weighted by atomic mass is 10.1. The van der Waals surface area contributed by atoms with Crippen molar-refractivity contribution >= 4 is 37.3 Å². The Hall–Kier alpha value is -2.34. The maximum atomic E-state index is 12.2. The van der Waals surface area contributed by atoms with Crippen molar-refractivity contribution in [2.45, 2.75) is 58.4 Å². The number of hydrogen-bond acceptors (Lipinski definition) is 10. The number of anilines is 1. The van der Waals surface area contributed by atoms with Gasteiger partial charge in [0.05, 0.1) is 28.8 Å². The van der Waals surface area contributed by atoms with E-state index in [0.717, 1.165) is 86.1 Å². The van der Waals surface area contributed by atoms with E-state index in [0.29, 0.717) is 17.5 Å². The van der Waals surface area contributed by atoms with Gasteiger partial charge < -0.3 is 9.64 Å². The standard InChI is InChI=1S/C28H40N6O3S2/c1-19(2)33-13-11-32(12-14-33)17-23-20(3)38-26-24(30-28(31-25(23)26)34-9-7-6-8-10-34)21-15-22(18-39(5,35)36)27(37-4)29-16-21/h15-16,19H,6-14,17-18H2,1-5H3. The van der Waals surface area contributed by atoms with Crippen molar-refractivity contribution in [1.82, 2.24) is 24.8 Å². The van der Waals surface area contributed by atoms with Gasteiger partial charge in [-0.25, -0.2) is 23.4 Å². The van der Waals surface area contributed by atoms with Crippen molar-refractivity contribution in [3.05, 3.63) is 28.3 Å². The van der Waals surface area contributed by atoms with E-state index in [1.165, 1.54) is 30.2 Å². The van der Waals surface area contributed by atoms with Crippen LogP contribution in [0.25, 0.3) is 21.5 Å². The summed E-state index contributed by atoms with van der Waals surface area (Å²) < 4.78 is 30.8. The van der Waals surface area contributed by atoms with Crippen molar-refractivity contribution in [2.24, 2.45) is 0 Å². The van der Waals surface area contributed by atoms with Crippen LogP contribution in [0.2, 0.25) is 0 Å². The van der Waals surface area contributed by atoms with E-state index in [4.69, 9.17) is 14.7 Å². The maximum Gasteiger partial charge on any atom is 0.226 e. The maximum absolute atomic E-state index is 12.2. The van der Waals surface area contributed by atoms with Gasteiger partial charge in [-0.05, 0) is 46.1 Å². The number of fused-ring (bicyclic) bond motifs is 1. The van der Waals surface area contributed by atoms with Crippen LogP contribution in [0.15, 0.2) is 12.3 Å². The number of thiophene rings is 1. The van der Waals surface area contributed by atoms with E-state index in [-0.39, 0.29) is 5.75 Å². The fourth-order valence-corrected chi connectivity index (χ4v) is 7.48. The number of piperazine rings is 1. The summed E-state index contributed by atoms with van der Waals surface area (Å²) in [5.41, 5.74) is 4.43. The van der Waals surface area contributed by atoms with E-state index in [9.17, 15) is 8.42 Å². The zero-order chi connectivity index (χ0) is 27.7. The number of hydrogen-bond donors (Lipinski definition) is 0. The average molecular weight is 573 g/mol. The number of rotatable bonds is 8. The summed E-state index contributed by atoms with van der Waals surface area (Å²) in [5.74, 6) is 0.942. The van der Waals surface area contributed by atoms with Crippen LogP contribution in [0.5, 0.6) is 5.88 Å². The van der Waals surface area contributed by atoms with Crippen molar-refractivity contribution in [3.8, 4) is 17.1 Å². The molecule has 0 saturated carbocycles. The summed E-state index contributed by atoms with van der Waals surface area (Å²) in [7, 11) is -1.76. The molecule has 0 radical (unpaired) electrons. The molecule has 9 nitrogen and oxygen atoms in total. The third-order valence-corrected chi connectivity index (χ3v) is 9.77. The first-order chi connectivity index (χ1) is 18.6. The van der Waals surface area contributed by atoms with Crippen LogP contribution in [-0.2, 0) is 22.1 Å². The molecular formula is C28H40N6O3S2. The lowest BCUT2D eigenvalue weighted by Gasteiger charge is -2.37. The van der Waals surface area contributed by atoms with E-state index >= 15 is 0 Å². The second kappa shape index (κ2) is 11.6. The zero-order valence-electron chi connectivity index (χ0n) is 23.7. The highest BCUT2D eigenvalue weighted by Crippen LogP contribution is 2.39. The van der Waals surface area contributed by atoms with Crippen LogP contribution >= 0.6 is 11.3 Å². The number of piperidine rings is 1. The van der Waals surface area contributed by atoms with E-state index in [2.05, 4.69) is 40.5 Å². The number of aromatic nitrogens is 3. The van der Waals surface area contributed by atoms with Gasteiger partial charge in [0.1, 0.15) is 0 Å². The molecule has 0 unspecified atom stereocenters. The molecule has 2 saturated heterocycles. The molecule has 0 aliphatic carbocycles. The first kappa shape index (κ1) is 28.2. The fourth-order valence-electron chi connectivity index (χ4n) is 5.60. The number of nitrogens with zero attached hydrogens (tertiary/aromatic N) is 6. The van der Waals surface area contributed by atoms with Crippen LogP contribution in [0, 0.1) is 6.92 Å². The Balaban J connectivity index is 1.59. The summed E-state index contributed by atoms with van der Waals surface area (Å²) >= 11 is 1.72. The molecule has 0 atom stereocenters. The Kier molecular flexibility index (Phi) is 8.42. The molecule has 0 aromatic carbocycles. The molecule has 5 heterocycles. The Morgan fingerprint density at radius 2 is 1.77 bits per heavy atom. The topological polar surface area (TPSA) is 91.8 Å². The molecule has 0 amide bonds. The molecule has 2 fully saturated rings. The summed E-state index contributed by atoms with van der Waals surface area (Å²) in [5, 5.41) is 0. The molecule has 39 heavy (non-hydrogen) atoms. The fraction of sp³-hybridized carbons (Fsp3) is 0.607. The largest absolute Gasteiger partial charge is 0.481 e. The summed E-state index contributed by atoms with van der Waals surface area (Å²) in [6, 6.07) is 2.44. The smallest absolute Gasteiger partial charge is 0.226 e. The van der Waals surface area contributed by atoms with Crippen LogP contribution in [0.1, 0.15) is 49.1 Å². The molecule has 11 heteroatoms. The minimum atomic E-state index is -3.27. The van der Waals surface area contributed by atoms with Gasteiger partial charge in [0.25, 0.3) is 0 Å². The van der Waals surface area contributed by atoms with Gasteiger partial charge >= 0.3 is 0 Å². The Labute approximate surface area is 236 Å². The van der Waals surface area contributed by atoms with Gasteiger partial charge in [-0.2, -0.15) is 0 Å². The van der Waals surface area contributed by atoms with Crippen LogP contribution < -0.4 is 9.64 Å². The van der Waals surface area contributed by atoms with Crippen molar-refractivity contribution in [1.29, 1.82) is 0 Å². The van der Waals surface area contributed by atoms with Gasteiger partial charge in [-0.1, -0.05) is 0 Å². The van der Waals surface area contributed by atoms with Gasteiger partial charge in [0.2, 0.25) is 11.8 Å². The Morgan fingerprint density at radius 3 is 2.41 bits per heavy atom. The number of sulfone groups is 1. The molecule has 0 bridgehead atoms. The monoisotopic (exact) mass is 572 g/mol. The highest BCUT2D eigenvalue weighted by molar-refractivity contribution is 7.89. The second-order valence-corrected chi connectivity index (χ2v) is 14.5. The van der Waals surface area contributed by atoms with Crippen LogP contribution in [-0.4, -0.2) is 91.8 Å². The molecule has 2 aliphatic heterocycles. The minimum Gasteiger partial charge on any atom is -0.481 e. The average Bonchev–Trinajstić information content (AvgIpc) is 3.22. The van der Waals surface area contributed by atoms with E-state index in [1.807, 2.05) is 6.07 Å². The number of aryl methyl sites for hydroxylation is 1. The van der Waals surface area contributed by atoms with E-state index < -0.39 is 9.84 Å². The van der Waals surface area contributed by atoms with Gasteiger partial charge in [0, 0.05) is 85.9 Å². The van der Waals surface area contributed by atoms with Crippen molar-refractivity contribution < 1.29 is 13.2 Å². The zero-order valence-corrected chi connectivity index (χ0v) is 25.4.